The number of anilines is 1. The van der Waals surface area contributed by atoms with E-state index in [0.29, 0.717) is 37.6 Å². The normalized spacial score (nSPS) is 24.7. The predicted molar refractivity (Wildman–Crippen MR) is 82.6 cm³/mol. The summed E-state index contributed by atoms with van der Waals surface area (Å²) < 4.78 is 32.6. The van der Waals surface area contributed by atoms with Crippen LogP contribution in [-0.4, -0.2) is 51.0 Å². The lowest BCUT2D eigenvalue weighted by Crippen LogP contribution is -2.40. The average molecular weight is 325 g/mol. The third-order valence-electron chi connectivity index (χ3n) is 4.22. The molecular formula is C16H21F2N3O2. The molecule has 2 aliphatic rings. The summed E-state index contributed by atoms with van der Waals surface area (Å²) in [6.07, 6.45) is -0.785. The summed E-state index contributed by atoms with van der Waals surface area (Å²) in [5, 5.41) is 5.55. The van der Waals surface area contributed by atoms with Crippen LogP contribution in [0.1, 0.15) is 12.0 Å². The number of ether oxygens (including phenoxy) is 1. The van der Waals surface area contributed by atoms with E-state index in [-0.39, 0.29) is 31.2 Å². The lowest BCUT2D eigenvalue weighted by Gasteiger charge is -2.29. The van der Waals surface area contributed by atoms with Crippen LogP contribution in [0.25, 0.3) is 0 Å². The maximum Gasteiger partial charge on any atom is 0.237 e. The van der Waals surface area contributed by atoms with Gasteiger partial charge in [0.25, 0.3) is 0 Å². The number of carbonyl (C=O) groups is 1. The lowest BCUT2D eigenvalue weighted by molar-refractivity contribution is -0.123. The fourth-order valence-corrected chi connectivity index (χ4v) is 2.93. The molecule has 2 heterocycles. The maximum absolute atomic E-state index is 14.3. The number of nitrogens with one attached hydrogen (secondary N) is 2. The van der Waals surface area contributed by atoms with Crippen molar-refractivity contribution in [1.29, 1.82) is 0 Å². The highest BCUT2D eigenvalue weighted by Gasteiger charge is 2.28. The minimum atomic E-state index is -0.976. The van der Waals surface area contributed by atoms with Crippen molar-refractivity contribution in [3.8, 4) is 0 Å². The molecule has 2 N–H and O–H groups in total. The van der Waals surface area contributed by atoms with E-state index in [2.05, 4.69) is 10.6 Å². The van der Waals surface area contributed by atoms with Gasteiger partial charge in [-0.15, -0.1) is 0 Å². The third-order valence-corrected chi connectivity index (χ3v) is 4.22. The quantitative estimate of drug-likeness (QED) is 0.866. The van der Waals surface area contributed by atoms with Crippen LogP contribution in [0.3, 0.4) is 0 Å². The summed E-state index contributed by atoms with van der Waals surface area (Å²) >= 11 is 0. The first-order valence-electron chi connectivity index (χ1n) is 7.90. The Morgan fingerprint density at radius 3 is 2.83 bits per heavy atom. The first-order valence-corrected chi connectivity index (χ1v) is 7.90. The molecule has 0 saturated carbocycles. The fourth-order valence-electron chi connectivity index (χ4n) is 2.93. The van der Waals surface area contributed by atoms with Crippen molar-refractivity contribution in [2.45, 2.75) is 25.2 Å². The van der Waals surface area contributed by atoms with Gasteiger partial charge < -0.3 is 20.3 Å². The molecule has 2 aliphatic heterocycles. The van der Waals surface area contributed by atoms with Crippen molar-refractivity contribution in [1.82, 2.24) is 10.6 Å². The molecular weight excluding hydrogens is 304 g/mol. The van der Waals surface area contributed by atoms with E-state index in [9.17, 15) is 13.6 Å². The summed E-state index contributed by atoms with van der Waals surface area (Å²) in [4.78, 5) is 13.9. The van der Waals surface area contributed by atoms with Gasteiger partial charge in [-0.3, -0.25) is 4.79 Å². The molecule has 0 spiro atoms. The number of amides is 1. The molecule has 0 unspecified atom stereocenters. The molecule has 7 heteroatoms. The topological polar surface area (TPSA) is 53.6 Å². The first-order chi connectivity index (χ1) is 11.1. The molecule has 23 heavy (non-hydrogen) atoms. The molecule has 1 aromatic rings. The second kappa shape index (κ2) is 7.23. The average Bonchev–Trinajstić information content (AvgIpc) is 3.00. The SMILES string of the molecule is O=C(NCc1ccc(N2CCOCC2)c(F)c1)[C@H]1C[C@H](F)CN1. The number of hydrogen-bond donors (Lipinski definition) is 2. The van der Waals surface area contributed by atoms with Gasteiger partial charge in [0.1, 0.15) is 12.0 Å². The van der Waals surface area contributed by atoms with Gasteiger partial charge in [-0.05, 0) is 17.7 Å². The van der Waals surface area contributed by atoms with Gasteiger partial charge in [0, 0.05) is 32.6 Å². The summed E-state index contributed by atoms with van der Waals surface area (Å²) in [6.45, 7) is 2.98. The summed E-state index contributed by atoms with van der Waals surface area (Å²) in [6, 6.07) is 4.47. The Morgan fingerprint density at radius 1 is 1.39 bits per heavy atom. The van der Waals surface area contributed by atoms with E-state index in [4.69, 9.17) is 4.74 Å². The Bertz CT molecular complexity index is 564. The molecule has 2 saturated heterocycles. The van der Waals surface area contributed by atoms with Gasteiger partial charge in [0.2, 0.25) is 5.91 Å². The van der Waals surface area contributed by atoms with Crippen LogP contribution in [0.15, 0.2) is 18.2 Å². The fraction of sp³-hybridized carbons (Fsp3) is 0.562. The zero-order valence-electron chi connectivity index (χ0n) is 12.9. The molecule has 2 fully saturated rings. The van der Waals surface area contributed by atoms with E-state index in [1.54, 1.807) is 12.1 Å². The van der Waals surface area contributed by atoms with E-state index in [1.165, 1.54) is 6.07 Å². The molecule has 0 aromatic heterocycles. The third kappa shape index (κ3) is 3.97. The molecule has 0 aliphatic carbocycles. The second-order valence-corrected chi connectivity index (χ2v) is 5.90. The lowest BCUT2D eigenvalue weighted by atomic mass is 10.1. The molecule has 3 rings (SSSR count). The molecule has 5 nitrogen and oxygen atoms in total. The Kier molecular flexibility index (Phi) is 5.07. The minimum absolute atomic E-state index is 0.191. The van der Waals surface area contributed by atoms with Crippen LogP contribution in [0.5, 0.6) is 0 Å². The highest BCUT2D eigenvalue weighted by Crippen LogP contribution is 2.21. The van der Waals surface area contributed by atoms with Crippen molar-refractivity contribution in [3.63, 3.8) is 0 Å². The van der Waals surface area contributed by atoms with E-state index in [1.807, 2.05) is 4.90 Å². The number of nitrogens with zero attached hydrogens (tertiary/aromatic N) is 1. The number of halogens is 2. The van der Waals surface area contributed by atoms with Crippen LogP contribution in [0.4, 0.5) is 14.5 Å². The van der Waals surface area contributed by atoms with Gasteiger partial charge in [-0.2, -0.15) is 0 Å². The molecule has 1 aromatic carbocycles. The number of carbonyl (C=O) groups excluding carboxylic acids is 1. The maximum atomic E-state index is 14.3. The van der Waals surface area contributed by atoms with Crippen LogP contribution in [0, 0.1) is 5.82 Å². The van der Waals surface area contributed by atoms with Crippen molar-refractivity contribution in [2.24, 2.45) is 0 Å². The van der Waals surface area contributed by atoms with Crippen LogP contribution >= 0.6 is 0 Å². The van der Waals surface area contributed by atoms with E-state index < -0.39 is 12.2 Å². The van der Waals surface area contributed by atoms with E-state index >= 15 is 0 Å². The van der Waals surface area contributed by atoms with Crippen LogP contribution in [0.2, 0.25) is 0 Å². The molecule has 0 radical (unpaired) electrons. The van der Waals surface area contributed by atoms with Gasteiger partial charge in [-0.25, -0.2) is 8.78 Å². The Labute approximate surface area is 134 Å². The monoisotopic (exact) mass is 325 g/mol. The Morgan fingerprint density at radius 2 is 2.17 bits per heavy atom. The molecule has 2 atom stereocenters. The zero-order valence-corrected chi connectivity index (χ0v) is 12.9. The second-order valence-electron chi connectivity index (χ2n) is 5.90. The van der Waals surface area contributed by atoms with Crippen LogP contribution in [-0.2, 0) is 16.1 Å². The highest BCUT2D eigenvalue weighted by molar-refractivity contribution is 5.82. The molecule has 126 valence electrons. The molecule has 0 bridgehead atoms. The van der Waals surface area contributed by atoms with E-state index in [0.717, 1.165) is 0 Å². The van der Waals surface area contributed by atoms with Crippen LogP contribution < -0.4 is 15.5 Å². The van der Waals surface area contributed by atoms with Gasteiger partial charge in [-0.1, -0.05) is 6.07 Å². The largest absolute Gasteiger partial charge is 0.378 e. The van der Waals surface area contributed by atoms with Crippen molar-refractivity contribution in [2.75, 3.05) is 37.7 Å². The smallest absolute Gasteiger partial charge is 0.237 e. The summed E-state index contributed by atoms with van der Waals surface area (Å²) in [5.41, 5.74) is 1.24. The summed E-state index contributed by atoms with van der Waals surface area (Å²) in [5.74, 6) is -0.552. The zero-order chi connectivity index (χ0) is 16.2. The Hall–Kier alpha value is -1.73. The first kappa shape index (κ1) is 16.1. The number of alkyl halides is 1. The van der Waals surface area contributed by atoms with Gasteiger partial charge in [0.15, 0.2) is 0 Å². The van der Waals surface area contributed by atoms with Gasteiger partial charge in [0.05, 0.1) is 24.9 Å². The van der Waals surface area contributed by atoms with Crippen molar-refractivity contribution in [3.05, 3.63) is 29.6 Å². The van der Waals surface area contributed by atoms with Crippen molar-refractivity contribution < 1.29 is 18.3 Å². The minimum Gasteiger partial charge on any atom is -0.378 e. The summed E-state index contributed by atoms with van der Waals surface area (Å²) in [7, 11) is 0. The number of benzene rings is 1. The predicted octanol–water partition coefficient (Wildman–Crippen LogP) is 0.978. The number of morpholine rings is 1. The standard InChI is InChI=1S/C16H21F2N3O2/c17-12-8-14(19-10-12)16(22)20-9-11-1-2-15(13(18)7-11)21-3-5-23-6-4-21/h1-2,7,12,14,19H,3-6,8-10H2,(H,20,22)/t12-,14+/m0/s1. The number of hydrogen-bond acceptors (Lipinski definition) is 4. The van der Waals surface area contributed by atoms with Crippen molar-refractivity contribution >= 4 is 11.6 Å². The molecule has 1 amide bonds. The highest BCUT2D eigenvalue weighted by atomic mass is 19.1. The van der Waals surface area contributed by atoms with Gasteiger partial charge >= 0.3 is 0 Å². The Balaban J connectivity index is 1.56. The number of rotatable bonds is 4.